The van der Waals surface area contributed by atoms with Gasteiger partial charge in [-0.15, -0.1) is 0 Å². The second-order valence-corrected chi connectivity index (χ2v) is 5.67. The number of carbonyl (C=O) groups excluding carboxylic acids is 1. The summed E-state index contributed by atoms with van der Waals surface area (Å²) in [5, 5.41) is 6.40. The number of nitrogens with zero attached hydrogens (tertiary/aromatic N) is 1. The lowest BCUT2D eigenvalue weighted by Gasteiger charge is -2.25. The second kappa shape index (κ2) is 8.03. The van der Waals surface area contributed by atoms with Crippen molar-refractivity contribution in [2.24, 2.45) is 0 Å². The van der Waals surface area contributed by atoms with E-state index < -0.39 is 0 Å². The van der Waals surface area contributed by atoms with Gasteiger partial charge in [0.1, 0.15) is 0 Å². The van der Waals surface area contributed by atoms with Crippen molar-refractivity contribution in [1.82, 2.24) is 10.6 Å². The molecule has 2 rings (SSSR count). The fourth-order valence-corrected chi connectivity index (χ4v) is 2.93. The van der Waals surface area contributed by atoms with Gasteiger partial charge in [0, 0.05) is 24.8 Å². The highest BCUT2D eigenvalue weighted by molar-refractivity contribution is 5.81. The number of hydrogen-bond donors (Lipinski definition) is 2. The van der Waals surface area contributed by atoms with Crippen molar-refractivity contribution >= 4 is 11.6 Å². The van der Waals surface area contributed by atoms with Crippen molar-refractivity contribution in [3.05, 3.63) is 29.8 Å². The van der Waals surface area contributed by atoms with E-state index in [0.29, 0.717) is 12.6 Å². The Kier molecular flexibility index (Phi) is 6.05. The first kappa shape index (κ1) is 15.8. The number of para-hydroxylation sites is 1. The van der Waals surface area contributed by atoms with Crippen LogP contribution < -0.4 is 15.5 Å². The number of benzene rings is 1. The SMILES string of the molecule is CCCCNC(=O)CN1CCCC(NC)c2ccccc21. The second-order valence-electron chi connectivity index (χ2n) is 5.67. The van der Waals surface area contributed by atoms with E-state index >= 15 is 0 Å². The van der Waals surface area contributed by atoms with E-state index in [9.17, 15) is 4.79 Å². The van der Waals surface area contributed by atoms with Crippen LogP contribution in [0.4, 0.5) is 5.69 Å². The van der Waals surface area contributed by atoms with Crippen LogP contribution in [0.5, 0.6) is 0 Å². The zero-order chi connectivity index (χ0) is 15.1. The van der Waals surface area contributed by atoms with E-state index in [1.165, 1.54) is 11.3 Å². The van der Waals surface area contributed by atoms with Crippen LogP contribution in [0.3, 0.4) is 0 Å². The number of rotatable bonds is 6. The van der Waals surface area contributed by atoms with Crippen LogP contribution >= 0.6 is 0 Å². The van der Waals surface area contributed by atoms with Crippen LogP contribution in [0.1, 0.15) is 44.2 Å². The monoisotopic (exact) mass is 289 g/mol. The van der Waals surface area contributed by atoms with Gasteiger partial charge in [-0.25, -0.2) is 0 Å². The third kappa shape index (κ3) is 4.21. The Hall–Kier alpha value is -1.55. The fraction of sp³-hybridized carbons (Fsp3) is 0.588. The summed E-state index contributed by atoms with van der Waals surface area (Å²) in [6, 6.07) is 8.82. The van der Waals surface area contributed by atoms with Gasteiger partial charge in [-0.2, -0.15) is 0 Å². The molecule has 4 nitrogen and oxygen atoms in total. The molecule has 0 bridgehead atoms. The first-order valence-electron chi connectivity index (χ1n) is 8.04. The molecule has 0 spiro atoms. The highest BCUT2D eigenvalue weighted by atomic mass is 16.2. The molecule has 116 valence electrons. The Balaban J connectivity index is 2.07. The van der Waals surface area contributed by atoms with Crippen molar-refractivity contribution < 1.29 is 4.79 Å². The van der Waals surface area contributed by atoms with E-state index in [0.717, 1.165) is 38.8 Å². The number of hydrogen-bond acceptors (Lipinski definition) is 3. The van der Waals surface area contributed by atoms with Crippen molar-refractivity contribution in [3.63, 3.8) is 0 Å². The van der Waals surface area contributed by atoms with Gasteiger partial charge < -0.3 is 15.5 Å². The number of anilines is 1. The first-order chi connectivity index (χ1) is 10.3. The molecule has 0 fully saturated rings. The lowest BCUT2D eigenvalue weighted by atomic mass is 10.0. The number of carbonyl (C=O) groups is 1. The molecule has 4 heteroatoms. The molecule has 0 aliphatic carbocycles. The lowest BCUT2D eigenvalue weighted by molar-refractivity contribution is -0.119. The van der Waals surface area contributed by atoms with Gasteiger partial charge in [0.2, 0.25) is 5.91 Å². The molecular weight excluding hydrogens is 262 g/mol. The van der Waals surface area contributed by atoms with Crippen LogP contribution in [-0.4, -0.2) is 32.6 Å². The normalized spacial score (nSPS) is 18.0. The summed E-state index contributed by atoms with van der Waals surface area (Å²) in [5.41, 5.74) is 2.50. The number of nitrogens with one attached hydrogen (secondary N) is 2. The largest absolute Gasteiger partial charge is 0.362 e. The molecule has 1 heterocycles. The lowest BCUT2D eigenvalue weighted by Crippen LogP contribution is -2.38. The summed E-state index contributed by atoms with van der Waals surface area (Å²) >= 11 is 0. The maximum Gasteiger partial charge on any atom is 0.239 e. The quantitative estimate of drug-likeness (QED) is 0.791. The fourth-order valence-electron chi connectivity index (χ4n) is 2.93. The maximum absolute atomic E-state index is 12.1. The van der Waals surface area contributed by atoms with Gasteiger partial charge >= 0.3 is 0 Å². The summed E-state index contributed by atoms with van der Waals surface area (Å²) in [5.74, 6) is 0.126. The molecule has 1 unspecified atom stereocenters. The van der Waals surface area contributed by atoms with Gasteiger partial charge in [0.05, 0.1) is 6.54 Å². The van der Waals surface area contributed by atoms with Gasteiger partial charge in [-0.1, -0.05) is 31.5 Å². The molecule has 0 aromatic heterocycles. The first-order valence-corrected chi connectivity index (χ1v) is 8.04. The van der Waals surface area contributed by atoms with Crippen molar-refractivity contribution in [3.8, 4) is 0 Å². The molecule has 21 heavy (non-hydrogen) atoms. The summed E-state index contributed by atoms with van der Waals surface area (Å²) in [6.45, 7) is 4.31. The third-order valence-electron chi connectivity index (χ3n) is 4.11. The minimum Gasteiger partial charge on any atom is -0.362 e. The van der Waals surface area contributed by atoms with Gasteiger partial charge in [0.25, 0.3) is 0 Å². The molecule has 1 aromatic carbocycles. The average molecular weight is 289 g/mol. The van der Waals surface area contributed by atoms with E-state index in [1.54, 1.807) is 0 Å². The average Bonchev–Trinajstić information content (AvgIpc) is 2.67. The Morgan fingerprint density at radius 2 is 2.19 bits per heavy atom. The minimum absolute atomic E-state index is 0.126. The Morgan fingerprint density at radius 1 is 1.38 bits per heavy atom. The number of amides is 1. The summed E-state index contributed by atoms with van der Waals surface area (Å²) < 4.78 is 0. The molecule has 1 atom stereocenters. The van der Waals surface area contributed by atoms with E-state index in [-0.39, 0.29) is 5.91 Å². The predicted octanol–water partition coefficient (Wildman–Crippen LogP) is 2.46. The zero-order valence-electron chi connectivity index (χ0n) is 13.2. The zero-order valence-corrected chi connectivity index (χ0v) is 13.2. The van der Waals surface area contributed by atoms with E-state index in [1.807, 2.05) is 7.05 Å². The summed E-state index contributed by atoms with van der Waals surface area (Å²) in [7, 11) is 2.01. The highest BCUT2D eigenvalue weighted by Crippen LogP contribution is 2.32. The molecule has 0 saturated heterocycles. The topological polar surface area (TPSA) is 44.4 Å². The van der Waals surface area contributed by atoms with E-state index in [4.69, 9.17) is 0 Å². The molecule has 1 aliphatic heterocycles. The molecular formula is C17H27N3O. The minimum atomic E-state index is 0.126. The Morgan fingerprint density at radius 3 is 2.95 bits per heavy atom. The van der Waals surface area contributed by atoms with Crippen LogP contribution in [0.25, 0.3) is 0 Å². The van der Waals surface area contributed by atoms with Crippen molar-refractivity contribution in [2.45, 2.75) is 38.6 Å². The van der Waals surface area contributed by atoms with Gasteiger partial charge in [0.15, 0.2) is 0 Å². The molecule has 0 saturated carbocycles. The number of unbranched alkanes of at least 4 members (excludes halogenated alkanes) is 1. The predicted molar refractivity (Wildman–Crippen MR) is 87.6 cm³/mol. The van der Waals surface area contributed by atoms with Gasteiger partial charge in [-0.3, -0.25) is 4.79 Å². The Labute approximate surface area is 127 Å². The van der Waals surface area contributed by atoms with E-state index in [2.05, 4.69) is 46.7 Å². The standard InChI is InChI=1S/C17H27N3O/c1-3-4-11-19-17(21)13-20-12-7-9-15(18-2)14-8-5-6-10-16(14)20/h5-6,8,10,15,18H,3-4,7,9,11-13H2,1-2H3,(H,19,21). The van der Waals surface area contributed by atoms with Crippen LogP contribution in [0.2, 0.25) is 0 Å². The molecule has 2 N–H and O–H groups in total. The molecule has 0 radical (unpaired) electrons. The highest BCUT2D eigenvalue weighted by Gasteiger charge is 2.22. The van der Waals surface area contributed by atoms with Gasteiger partial charge in [-0.05, 0) is 37.9 Å². The smallest absolute Gasteiger partial charge is 0.239 e. The third-order valence-corrected chi connectivity index (χ3v) is 4.11. The molecule has 1 aliphatic rings. The van der Waals surface area contributed by atoms with Crippen LogP contribution in [0, 0.1) is 0 Å². The van der Waals surface area contributed by atoms with Crippen LogP contribution in [-0.2, 0) is 4.79 Å². The number of fused-ring (bicyclic) bond motifs is 1. The Bertz CT molecular complexity index is 461. The maximum atomic E-state index is 12.1. The van der Waals surface area contributed by atoms with Crippen LogP contribution in [0.15, 0.2) is 24.3 Å². The molecule has 1 aromatic rings. The van der Waals surface area contributed by atoms with Crippen molar-refractivity contribution in [1.29, 1.82) is 0 Å². The summed E-state index contributed by atoms with van der Waals surface area (Å²) in [4.78, 5) is 14.3. The molecule has 1 amide bonds. The summed E-state index contributed by atoms with van der Waals surface area (Å²) in [6.07, 6.45) is 4.37. The van der Waals surface area contributed by atoms with Crippen molar-refractivity contribution in [2.75, 3.05) is 31.6 Å².